The zero-order chi connectivity index (χ0) is 12.5. The fourth-order valence-electron chi connectivity index (χ4n) is 1.65. The summed E-state index contributed by atoms with van der Waals surface area (Å²) in [6.07, 6.45) is 9.36. The monoisotopic (exact) mass is 260 g/mol. The van der Waals surface area contributed by atoms with Gasteiger partial charge in [-0.1, -0.05) is 11.8 Å². The summed E-state index contributed by atoms with van der Waals surface area (Å²) < 4.78 is 3.73. The summed E-state index contributed by atoms with van der Waals surface area (Å²) in [4.78, 5) is 9.89. The lowest BCUT2D eigenvalue weighted by Crippen LogP contribution is -1.98. The van der Waals surface area contributed by atoms with Gasteiger partial charge in [0.2, 0.25) is 0 Å². The Morgan fingerprint density at radius 3 is 2.94 bits per heavy atom. The zero-order valence-corrected chi connectivity index (χ0v) is 10.8. The summed E-state index contributed by atoms with van der Waals surface area (Å²) in [5.41, 5.74) is 0.850. The van der Waals surface area contributed by atoms with Gasteiger partial charge in [0.15, 0.2) is 5.65 Å². The Bertz CT molecular complexity index is 686. The van der Waals surface area contributed by atoms with Gasteiger partial charge < -0.3 is 9.72 Å². The SMILES string of the molecule is CNc1cn2ccnc2c(Sc2cnn(C)c2)n1. The quantitative estimate of drug-likeness (QED) is 0.776. The highest BCUT2D eigenvalue weighted by atomic mass is 32.2. The molecule has 0 aliphatic rings. The van der Waals surface area contributed by atoms with Crippen LogP contribution in [0.1, 0.15) is 0 Å². The molecule has 6 nitrogen and oxygen atoms in total. The molecule has 0 amide bonds. The second-order valence-corrected chi connectivity index (χ2v) is 4.85. The van der Waals surface area contributed by atoms with Crippen LogP contribution in [-0.4, -0.2) is 31.2 Å². The van der Waals surface area contributed by atoms with Crippen molar-refractivity contribution >= 4 is 23.2 Å². The Morgan fingerprint density at radius 1 is 1.33 bits per heavy atom. The Morgan fingerprint density at radius 2 is 2.22 bits per heavy atom. The van der Waals surface area contributed by atoms with Crippen LogP contribution in [0.5, 0.6) is 0 Å². The van der Waals surface area contributed by atoms with Gasteiger partial charge in [0.05, 0.1) is 17.3 Å². The lowest BCUT2D eigenvalue weighted by molar-refractivity contribution is 0.766. The van der Waals surface area contributed by atoms with Crippen LogP contribution in [0.3, 0.4) is 0 Å². The molecule has 3 heterocycles. The van der Waals surface area contributed by atoms with Crippen molar-refractivity contribution < 1.29 is 0 Å². The van der Waals surface area contributed by atoms with E-state index in [1.807, 2.05) is 43.3 Å². The third kappa shape index (κ3) is 1.92. The second-order valence-electron chi connectivity index (χ2n) is 3.79. The molecule has 0 spiro atoms. The predicted molar refractivity (Wildman–Crippen MR) is 69.9 cm³/mol. The van der Waals surface area contributed by atoms with Gasteiger partial charge in [0.25, 0.3) is 0 Å². The fraction of sp³-hybridized carbons (Fsp3) is 0.182. The molecular formula is C11H12N6S. The molecule has 0 saturated heterocycles. The van der Waals surface area contributed by atoms with E-state index in [0.29, 0.717) is 0 Å². The highest BCUT2D eigenvalue weighted by Crippen LogP contribution is 2.29. The van der Waals surface area contributed by atoms with Crippen LogP contribution < -0.4 is 5.32 Å². The molecule has 92 valence electrons. The van der Waals surface area contributed by atoms with Crippen molar-refractivity contribution in [3.8, 4) is 0 Å². The van der Waals surface area contributed by atoms with Crippen molar-refractivity contribution in [2.24, 2.45) is 7.05 Å². The van der Waals surface area contributed by atoms with Gasteiger partial charge in [-0.2, -0.15) is 5.10 Å². The average Bonchev–Trinajstić information content (AvgIpc) is 2.98. The standard InChI is InChI=1S/C11H12N6S/c1-12-9-7-17-4-3-13-10(17)11(15-9)18-8-5-14-16(2)6-8/h3-7,12H,1-2H3. The van der Waals surface area contributed by atoms with E-state index in [1.54, 1.807) is 22.6 Å². The minimum atomic E-state index is 0.812. The van der Waals surface area contributed by atoms with Gasteiger partial charge in [-0.25, -0.2) is 9.97 Å². The number of hydrogen-bond acceptors (Lipinski definition) is 5. The normalized spacial score (nSPS) is 11.0. The number of rotatable bonds is 3. The summed E-state index contributed by atoms with van der Waals surface area (Å²) in [6.45, 7) is 0. The van der Waals surface area contributed by atoms with E-state index >= 15 is 0 Å². The molecule has 0 aromatic carbocycles. The molecule has 3 aromatic heterocycles. The number of imidazole rings is 1. The molecule has 0 bridgehead atoms. The largest absolute Gasteiger partial charge is 0.372 e. The molecule has 0 aliphatic heterocycles. The Hall–Kier alpha value is -2.02. The molecule has 0 aliphatic carbocycles. The smallest absolute Gasteiger partial charge is 0.170 e. The van der Waals surface area contributed by atoms with Crippen molar-refractivity contribution in [3.63, 3.8) is 0 Å². The zero-order valence-electron chi connectivity index (χ0n) is 10.0. The van der Waals surface area contributed by atoms with Crippen LogP contribution in [-0.2, 0) is 7.05 Å². The first-order chi connectivity index (χ1) is 8.76. The number of aryl methyl sites for hydroxylation is 1. The maximum Gasteiger partial charge on any atom is 0.170 e. The molecule has 3 rings (SSSR count). The topological polar surface area (TPSA) is 60.0 Å². The molecule has 0 atom stereocenters. The number of fused-ring (bicyclic) bond motifs is 1. The van der Waals surface area contributed by atoms with E-state index in [-0.39, 0.29) is 0 Å². The summed E-state index contributed by atoms with van der Waals surface area (Å²) >= 11 is 1.55. The van der Waals surface area contributed by atoms with Crippen molar-refractivity contribution in [1.29, 1.82) is 0 Å². The maximum atomic E-state index is 4.53. The summed E-state index contributed by atoms with van der Waals surface area (Å²) in [5, 5.41) is 8.06. The van der Waals surface area contributed by atoms with Crippen molar-refractivity contribution in [1.82, 2.24) is 24.1 Å². The summed E-state index contributed by atoms with van der Waals surface area (Å²) in [7, 11) is 3.75. The van der Waals surface area contributed by atoms with Gasteiger partial charge in [0.1, 0.15) is 10.8 Å². The minimum Gasteiger partial charge on any atom is -0.372 e. The first kappa shape index (κ1) is 11.1. The van der Waals surface area contributed by atoms with E-state index in [0.717, 1.165) is 21.4 Å². The first-order valence-electron chi connectivity index (χ1n) is 5.44. The van der Waals surface area contributed by atoms with Crippen LogP contribution in [0, 0.1) is 0 Å². The molecular weight excluding hydrogens is 248 g/mol. The van der Waals surface area contributed by atoms with Crippen molar-refractivity contribution in [2.45, 2.75) is 9.92 Å². The van der Waals surface area contributed by atoms with Crippen LogP contribution in [0.25, 0.3) is 5.65 Å². The number of nitrogens with zero attached hydrogens (tertiary/aromatic N) is 5. The highest BCUT2D eigenvalue weighted by Gasteiger charge is 2.09. The number of anilines is 1. The van der Waals surface area contributed by atoms with E-state index in [4.69, 9.17) is 0 Å². The van der Waals surface area contributed by atoms with Gasteiger partial charge in [-0.05, 0) is 0 Å². The predicted octanol–water partition coefficient (Wildman–Crippen LogP) is 1.66. The first-order valence-corrected chi connectivity index (χ1v) is 6.26. The van der Waals surface area contributed by atoms with Crippen LogP contribution in [0.4, 0.5) is 5.82 Å². The lowest BCUT2D eigenvalue weighted by Gasteiger charge is -2.05. The molecule has 0 saturated carbocycles. The van der Waals surface area contributed by atoms with Crippen molar-refractivity contribution in [3.05, 3.63) is 31.0 Å². The fourth-order valence-corrected chi connectivity index (χ4v) is 2.58. The molecule has 0 radical (unpaired) electrons. The number of nitrogens with one attached hydrogen (secondary N) is 1. The van der Waals surface area contributed by atoms with Gasteiger partial charge >= 0.3 is 0 Å². The van der Waals surface area contributed by atoms with Gasteiger partial charge in [0, 0.05) is 32.7 Å². The molecule has 3 aromatic rings. The Labute approximate surface area is 108 Å². The molecule has 0 unspecified atom stereocenters. The number of aromatic nitrogens is 5. The molecule has 1 N–H and O–H groups in total. The molecule has 18 heavy (non-hydrogen) atoms. The maximum absolute atomic E-state index is 4.53. The highest BCUT2D eigenvalue weighted by molar-refractivity contribution is 7.99. The van der Waals surface area contributed by atoms with Gasteiger partial charge in [-0.15, -0.1) is 0 Å². The lowest BCUT2D eigenvalue weighted by atomic mass is 10.6. The van der Waals surface area contributed by atoms with E-state index < -0.39 is 0 Å². The van der Waals surface area contributed by atoms with E-state index in [9.17, 15) is 0 Å². The average molecular weight is 260 g/mol. The third-order valence-electron chi connectivity index (χ3n) is 2.50. The van der Waals surface area contributed by atoms with Crippen LogP contribution in [0.15, 0.2) is 40.9 Å². The van der Waals surface area contributed by atoms with Gasteiger partial charge in [-0.3, -0.25) is 4.68 Å². The Kier molecular flexibility index (Phi) is 2.67. The second kappa shape index (κ2) is 4.34. The van der Waals surface area contributed by atoms with Crippen LogP contribution in [0.2, 0.25) is 0 Å². The summed E-state index contributed by atoms with van der Waals surface area (Å²) in [5.74, 6) is 0.812. The third-order valence-corrected chi connectivity index (χ3v) is 3.41. The van der Waals surface area contributed by atoms with E-state index in [2.05, 4.69) is 20.4 Å². The number of hydrogen-bond donors (Lipinski definition) is 1. The van der Waals surface area contributed by atoms with Crippen LogP contribution >= 0.6 is 11.8 Å². The molecule has 0 fully saturated rings. The minimum absolute atomic E-state index is 0.812. The van der Waals surface area contributed by atoms with Crippen molar-refractivity contribution in [2.75, 3.05) is 12.4 Å². The molecule has 7 heteroatoms. The van der Waals surface area contributed by atoms with E-state index in [1.165, 1.54) is 0 Å². The summed E-state index contributed by atoms with van der Waals surface area (Å²) in [6, 6.07) is 0. The Balaban J connectivity index is 2.06.